The number of methoxy groups -OCH3 is 1. The van der Waals surface area contributed by atoms with E-state index in [0.717, 1.165) is 23.0 Å². The molecule has 1 rings (SSSR count). The van der Waals surface area contributed by atoms with Gasteiger partial charge >= 0.3 is 0 Å². The van der Waals surface area contributed by atoms with Crippen LogP contribution in [0.2, 0.25) is 0 Å². The van der Waals surface area contributed by atoms with Crippen molar-refractivity contribution in [2.75, 3.05) is 19.0 Å². The molecular weight excluding hydrogens is 302 g/mol. The molecule has 96 valence electrons. The Labute approximate surface area is 115 Å². The molecule has 0 aliphatic carbocycles. The smallest absolute Gasteiger partial charge is 0.261 e. The Morgan fingerprint density at radius 3 is 2.88 bits per heavy atom. The molecule has 1 unspecified atom stereocenters. The van der Waals surface area contributed by atoms with Gasteiger partial charge in [0.2, 0.25) is 0 Å². The van der Waals surface area contributed by atoms with Crippen LogP contribution in [0.4, 0.5) is 0 Å². The molecule has 0 saturated carbocycles. The molecule has 17 heavy (non-hydrogen) atoms. The maximum Gasteiger partial charge on any atom is 0.261 e. The van der Waals surface area contributed by atoms with Gasteiger partial charge in [0, 0.05) is 17.3 Å². The zero-order valence-corrected chi connectivity index (χ0v) is 12.6. The second-order valence-corrected chi connectivity index (χ2v) is 5.68. The highest BCUT2D eigenvalue weighted by atomic mass is 79.9. The van der Waals surface area contributed by atoms with E-state index < -0.39 is 0 Å². The third kappa shape index (κ3) is 4.77. The summed E-state index contributed by atoms with van der Waals surface area (Å²) in [7, 11) is 1.65. The minimum atomic E-state index is -0.00213. The first-order valence-electron chi connectivity index (χ1n) is 5.65. The van der Waals surface area contributed by atoms with E-state index in [1.165, 1.54) is 4.88 Å². The second kappa shape index (κ2) is 7.84. The first-order valence-corrected chi connectivity index (χ1v) is 7.59. The summed E-state index contributed by atoms with van der Waals surface area (Å²) in [6.07, 6.45) is 1.84. The van der Waals surface area contributed by atoms with Crippen molar-refractivity contribution in [2.24, 2.45) is 0 Å². The molecule has 0 saturated heterocycles. The van der Waals surface area contributed by atoms with Crippen molar-refractivity contribution in [1.29, 1.82) is 0 Å². The molecule has 0 fully saturated rings. The van der Waals surface area contributed by atoms with Crippen LogP contribution in [-0.4, -0.2) is 31.0 Å². The summed E-state index contributed by atoms with van der Waals surface area (Å²) in [5, 5.41) is 3.84. The van der Waals surface area contributed by atoms with Crippen molar-refractivity contribution in [3.8, 4) is 0 Å². The number of nitrogens with one attached hydrogen (secondary N) is 1. The molecule has 5 heteroatoms. The Morgan fingerprint density at radius 1 is 1.59 bits per heavy atom. The van der Waals surface area contributed by atoms with Gasteiger partial charge in [0.25, 0.3) is 5.91 Å². The Balaban J connectivity index is 2.56. The van der Waals surface area contributed by atoms with Gasteiger partial charge in [0.05, 0.1) is 17.5 Å². The third-order valence-electron chi connectivity index (χ3n) is 2.39. The van der Waals surface area contributed by atoms with Gasteiger partial charge < -0.3 is 10.1 Å². The number of hydrogen-bond acceptors (Lipinski definition) is 3. The second-order valence-electron chi connectivity index (χ2n) is 3.72. The predicted octanol–water partition coefficient (Wildman–Crippen LogP) is 2.84. The van der Waals surface area contributed by atoms with Crippen LogP contribution in [0.1, 0.15) is 27.9 Å². The summed E-state index contributed by atoms with van der Waals surface area (Å²) in [5.74, 6) is -0.00213. The van der Waals surface area contributed by atoms with E-state index >= 15 is 0 Å². The molecule has 1 heterocycles. The van der Waals surface area contributed by atoms with Gasteiger partial charge in [0.1, 0.15) is 0 Å². The highest BCUT2D eigenvalue weighted by Crippen LogP contribution is 2.17. The van der Waals surface area contributed by atoms with Crippen LogP contribution >= 0.6 is 27.3 Å². The fourth-order valence-electron chi connectivity index (χ4n) is 1.48. The number of amides is 1. The molecule has 0 aromatic carbocycles. The van der Waals surface area contributed by atoms with Crippen LogP contribution in [0.15, 0.2) is 12.1 Å². The van der Waals surface area contributed by atoms with Crippen molar-refractivity contribution in [1.82, 2.24) is 5.32 Å². The molecular formula is C12H18BrNO2S. The number of halogens is 1. The summed E-state index contributed by atoms with van der Waals surface area (Å²) >= 11 is 4.93. The zero-order valence-electron chi connectivity index (χ0n) is 10.2. The van der Waals surface area contributed by atoms with Crippen molar-refractivity contribution < 1.29 is 9.53 Å². The van der Waals surface area contributed by atoms with Gasteiger partial charge in [-0.3, -0.25) is 4.79 Å². The lowest BCUT2D eigenvalue weighted by Gasteiger charge is -2.16. The molecule has 0 bridgehead atoms. The van der Waals surface area contributed by atoms with Crippen molar-refractivity contribution >= 4 is 33.2 Å². The molecule has 1 aromatic rings. The Bertz CT molecular complexity index is 348. The normalized spacial score (nSPS) is 12.4. The van der Waals surface area contributed by atoms with E-state index in [0.29, 0.717) is 6.61 Å². The van der Waals surface area contributed by atoms with Crippen LogP contribution in [0, 0.1) is 0 Å². The SMILES string of the molecule is CCc1ccc(C(=O)NC(CCBr)COC)s1. The molecule has 1 aromatic heterocycles. The maximum absolute atomic E-state index is 12.0. The molecule has 1 N–H and O–H groups in total. The average Bonchev–Trinajstić information content (AvgIpc) is 2.78. The lowest BCUT2D eigenvalue weighted by Crippen LogP contribution is -2.38. The minimum absolute atomic E-state index is 0.00213. The number of ether oxygens (including phenoxy) is 1. The van der Waals surface area contributed by atoms with Crippen LogP contribution in [-0.2, 0) is 11.2 Å². The van der Waals surface area contributed by atoms with Crippen molar-refractivity contribution in [2.45, 2.75) is 25.8 Å². The molecule has 0 aliphatic heterocycles. The predicted molar refractivity (Wildman–Crippen MR) is 75.2 cm³/mol. The molecule has 1 amide bonds. The van der Waals surface area contributed by atoms with Gasteiger partial charge in [-0.25, -0.2) is 0 Å². The quantitative estimate of drug-likeness (QED) is 0.785. The number of rotatable bonds is 7. The summed E-state index contributed by atoms with van der Waals surface area (Å²) in [5.41, 5.74) is 0. The van der Waals surface area contributed by atoms with E-state index in [4.69, 9.17) is 4.74 Å². The van der Waals surface area contributed by atoms with Crippen LogP contribution < -0.4 is 5.32 Å². The Morgan fingerprint density at radius 2 is 2.35 bits per heavy atom. The first kappa shape index (κ1) is 14.7. The van der Waals surface area contributed by atoms with Gasteiger partial charge in [-0.1, -0.05) is 22.9 Å². The topological polar surface area (TPSA) is 38.3 Å². The van der Waals surface area contributed by atoms with Crippen LogP contribution in [0.3, 0.4) is 0 Å². The lowest BCUT2D eigenvalue weighted by molar-refractivity contribution is 0.0899. The molecule has 0 spiro atoms. The summed E-state index contributed by atoms with van der Waals surface area (Å²) in [6.45, 7) is 2.63. The van der Waals surface area contributed by atoms with E-state index in [9.17, 15) is 4.79 Å². The standard InChI is InChI=1S/C12H18BrNO2S/c1-3-10-4-5-11(17-10)12(15)14-9(6-7-13)8-16-2/h4-5,9H,3,6-8H2,1-2H3,(H,14,15). The minimum Gasteiger partial charge on any atom is -0.383 e. The number of carbonyl (C=O) groups excluding carboxylic acids is 1. The number of carbonyl (C=O) groups is 1. The summed E-state index contributed by atoms with van der Waals surface area (Å²) in [6, 6.07) is 3.96. The molecule has 1 atom stereocenters. The van der Waals surface area contributed by atoms with Gasteiger partial charge in [-0.05, 0) is 25.0 Å². The van der Waals surface area contributed by atoms with Crippen molar-refractivity contribution in [3.05, 3.63) is 21.9 Å². The third-order valence-corrected chi connectivity index (χ3v) is 4.08. The van der Waals surface area contributed by atoms with E-state index in [2.05, 4.69) is 28.2 Å². The number of alkyl halides is 1. The lowest BCUT2D eigenvalue weighted by atomic mass is 10.2. The summed E-state index contributed by atoms with van der Waals surface area (Å²) < 4.78 is 5.09. The van der Waals surface area contributed by atoms with Crippen LogP contribution in [0.25, 0.3) is 0 Å². The highest BCUT2D eigenvalue weighted by Gasteiger charge is 2.14. The largest absolute Gasteiger partial charge is 0.383 e. The Kier molecular flexibility index (Phi) is 6.77. The number of hydrogen-bond donors (Lipinski definition) is 1. The van der Waals surface area contributed by atoms with E-state index in [-0.39, 0.29) is 11.9 Å². The molecule has 3 nitrogen and oxygen atoms in total. The number of thiophene rings is 1. The maximum atomic E-state index is 12.0. The number of aryl methyl sites for hydroxylation is 1. The van der Waals surface area contributed by atoms with Gasteiger partial charge in [-0.2, -0.15) is 0 Å². The van der Waals surface area contributed by atoms with E-state index in [1.807, 2.05) is 12.1 Å². The van der Waals surface area contributed by atoms with Crippen LogP contribution in [0.5, 0.6) is 0 Å². The average molecular weight is 320 g/mol. The van der Waals surface area contributed by atoms with E-state index in [1.54, 1.807) is 18.4 Å². The van der Waals surface area contributed by atoms with Crippen molar-refractivity contribution in [3.63, 3.8) is 0 Å². The first-order chi connectivity index (χ1) is 8.21. The fraction of sp³-hybridized carbons (Fsp3) is 0.583. The van der Waals surface area contributed by atoms with Gasteiger partial charge in [-0.15, -0.1) is 11.3 Å². The monoisotopic (exact) mass is 319 g/mol. The fourth-order valence-corrected chi connectivity index (χ4v) is 2.88. The molecule has 0 aliphatic rings. The summed E-state index contributed by atoms with van der Waals surface area (Å²) in [4.78, 5) is 14.0. The Hall–Kier alpha value is -0.390. The highest BCUT2D eigenvalue weighted by molar-refractivity contribution is 9.09. The zero-order chi connectivity index (χ0) is 12.7. The van der Waals surface area contributed by atoms with Gasteiger partial charge in [0.15, 0.2) is 0 Å². The molecule has 0 radical (unpaired) electrons.